The van der Waals surface area contributed by atoms with Crippen LogP contribution in [0.15, 0.2) is 30.6 Å². The van der Waals surface area contributed by atoms with Gasteiger partial charge < -0.3 is 20.0 Å². The third kappa shape index (κ3) is 4.59. The highest BCUT2D eigenvalue weighted by molar-refractivity contribution is 6.03. The summed E-state index contributed by atoms with van der Waals surface area (Å²) < 4.78 is 0. The van der Waals surface area contributed by atoms with Crippen molar-refractivity contribution in [2.45, 2.75) is 20.8 Å². The molecule has 28 heavy (non-hydrogen) atoms. The molecule has 0 spiro atoms. The molecule has 1 N–H and O–H groups in total. The number of piperazine rings is 1. The molecule has 7 nitrogen and oxygen atoms in total. The summed E-state index contributed by atoms with van der Waals surface area (Å²) in [6, 6.07) is 7.90. The molecule has 0 aliphatic carbocycles. The third-order valence-electron chi connectivity index (χ3n) is 5.30. The highest BCUT2D eigenvalue weighted by atomic mass is 16.1. The Bertz CT molecular complexity index is 812. The van der Waals surface area contributed by atoms with Gasteiger partial charge in [-0.05, 0) is 51.6 Å². The lowest BCUT2D eigenvalue weighted by Crippen LogP contribution is -2.44. The van der Waals surface area contributed by atoms with Gasteiger partial charge in [-0.15, -0.1) is 0 Å². The maximum atomic E-state index is 12.7. The number of aromatic nitrogens is 2. The van der Waals surface area contributed by atoms with Gasteiger partial charge in [-0.3, -0.25) is 4.79 Å². The number of anilines is 3. The largest absolute Gasteiger partial charge is 0.372 e. The summed E-state index contributed by atoms with van der Waals surface area (Å²) in [6.07, 6.45) is 1.47. The number of nitrogens with zero attached hydrogens (tertiary/aromatic N) is 5. The van der Waals surface area contributed by atoms with E-state index in [-0.39, 0.29) is 5.91 Å². The van der Waals surface area contributed by atoms with Crippen LogP contribution in [0, 0.1) is 6.92 Å². The van der Waals surface area contributed by atoms with Crippen molar-refractivity contribution in [1.82, 2.24) is 14.9 Å². The van der Waals surface area contributed by atoms with Crippen molar-refractivity contribution in [2.75, 3.05) is 61.4 Å². The molecule has 1 aliphatic heterocycles. The molecule has 0 saturated carbocycles. The van der Waals surface area contributed by atoms with Crippen molar-refractivity contribution >= 4 is 23.1 Å². The van der Waals surface area contributed by atoms with Gasteiger partial charge in [-0.1, -0.05) is 0 Å². The monoisotopic (exact) mass is 382 g/mol. The molecule has 1 amide bonds. The standard InChI is InChI=1S/C21H30N6O/c1-5-26(6-2)17-7-8-18(16(3)13-17)24-21(28)19-14-20(23-15-22-19)27-11-9-25(4)10-12-27/h7-8,13-15H,5-6,9-12H2,1-4H3,(H,24,28). The van der Waals surface area contributed by atoms with Gasteiger partial charge in [0.05, 0.1) is 0 Å². The van der Waals surface area contributed by atoms with Crippen LogP contribution < -0.4 is 15.1 Å². The average molecular weight is 383 g/mol. The fraction of sp³-hybridized carbons (Fsp3) is 0.476. The number of rotatable bonds is 6. The lowest BCUT2D eigenvalue weighted by molar-refractivity contribution is 0.102. The molecular formula is C21H30N6O. The molecule has 0 unspecified atom stereocenters. The van der Waals surface area contributed by atoms with Crippen LogP contribution in [0.4, 0.5) is 17.2 Å². The summed E-state index contributed by atoms with van der Waals surface area (Å²) in [5.41, 5.74) is 3.39. The van der Waals surface area contributed by atoms with Crippen LogP contribution in [0.25, 0.3) is 0 Å². The Morgan fingerprint density at radius 1 is 1.11 bits per heavy atom. The van der Waals surface area contributed by atoms with Crippen LogP contribution in [0.3, 0.4) is 0 Å². The zero-order valence-corrected chi connectivity index (χ0v) is 17.3. The van der Waals surface area contributed by atoms with Crippen molar-refractivity contribution in [3.8, 4) is 0 Å². The van der Waals surface area contributed by atoms with E-state index in [4.69, 9.17) is 0 Å². The molecule has 1 aromatic heterocycles. The molecule has 150 valence electrons. The molecule has 7 heteroatoms. The first-order valence-corrected chi connectivity index (χ1v) is 9.94. The van der Waals surface area contributed by atoms with Crippen molar-refractivity contribution < 1.29 is 4.79 Å². The predicted octanol–water partition coefficient (Wildman–Crippen LogP) is 2.64. The Labute approximate surface area is 167 Å². The van der Waals surface area contributed by atoms with E-state index in [1.54, 1.807) is 6.07 Å². The fourth-order valence-electron chi connectivity index (χ4n) is 3.44. The number of likely N-dealkylation sites (N-methyl/N-ethyl adjacent to an activating group) is 1. The molecule has 0 radical (unpaired) electrons. The minimum atomic E-state index is -0.212. The molecule has 1 saturated heterocycles. The van der Waals surface area contributed by atoms with E-state index in [9.17, 15) is 4.79 Å². The lowest BCUT2D eigenvalue weighted by atomic mass is 10.1. The van der Waals surface area contributed by atoms with Crippen molar-refractivity contribution in [3.63, 3.8) is 0 Å². The van der Waals surface area contributed by atoms with Gasteiger partial charge in [-0.25, -0.2) is 9.97 Å². The molecule has 2 heterocycles. The van der Waals surface area contributed by atoms with Crippen LogP contribution in [0.2, 0.25) is 0 Å². The summed E-state index contributed by atoms with van der Waals surface area (Å²) >= 11 is 0. The molecular weight excluding hydrogens is 352 g/mol. The number of carbonyl (C=O) groups is 1. The van der Waals surface area contributed by atoms with Crippen LogP contribution in [0.1, 0.15) is 29.9 Å². The van der Waals surface area contributed by atoms with E-state index in [2.05, 4.69) is 56.9 Å². The fourth-order valence-corrected chi connectivity index (χ4v) is 3.44. The number of hydrogen-bond acceptors (Lipinski definition) is 6. The molecule has 1 fully saturated rings. The topological polar surface area (TPSA) is 64.6 Å². The van der Waals surface area contributed by atoms with E-state index < -0.39 is 0 Å². The Morgan fingerprint density at radius 2 is 1.82 bits per heavy atom. The molecule has 3 rings (SSSR count). The average Bonchev–Trinajstić information content (AvgIpc) is 2.71. The summed E-state index contributed by atoms with van der Waals surface area (Å²) in [7, 11) is 2.12. The molecule has 1 aliphatic rings. The van der Waals surface area contributed by atoms with Crippen molar-refractivity contribution in [3.05, 3.63) is 41.9 Å². The number of carbonyl (C=O) groups excluding carboxylic acids is 1. The van der Waals surface area contributed by atoms with Gasteiger partial charge in [-0.2, -0.15) is 0 Å². The Hall–Kier alpha value is -2.67. The highest BCUT2D eigenvalue weighted by Crippen LogP contribution is 2.23. The predicted molar refractivity (Wildman–Crippen MR) is 114 cm³/mol. The first-order chi connectivity index (χ1) is 13.5. The second-order valence-electron chi connectivity index (χ2n) is 7.18. The van der Waals surface area contributed by atoms with E-state index in [0.717, 1.165) is 56.3 Å². The van der Waals surface area contributed by atoms with E-state index >= 15 is 0 Å². The zero-order chi connectivity index (χ0) is 20.1. The first kappa shape index (κ1) is 20.1. The molecule has 0 atom stereocenters. The number of benzene rings is 1. The summed E-state index contributed by atoms with van der Waals surface area (Å²) in [5, 5.41) is 2.99. The van der Waals surface area contributed by atoms with E-state index in [1.807, 2.05) is 19.1 Å². The summed E-state index contributed by atoms with van der Waals surface area (Å²) in [6.45, 7) is 12.0. The van der Waals surface area contributed by atoms with E-state index in [1.165, 1.54) is 12.0 Å². The number of hydrogen-bond donors (Lipinski definition) is 1. The molecule has 2 aromatic rings. The van der Waals surface area contributed by atoms with Crippen LogP contribution in [0.5, 0.6) is 0 Å². The normalized spacial score (nSPS) is 14.8. The quantitative estimate of drug-likeness (QED) is 0.829. The maximum absolute atomic E-state index is 12.7. The van der Waals surface area contributed by atoms with Crippen molar-refractivity contribution in [1.29, 1.82) is 0 Å². The highest BCUT2D eigenvalue weighted by Gasteiger charge is 2.18. The van der Waals surface area contributed by atoms with Gasteiger partial charge in [0.1, 0.15) is 17.8 Å². The van der Waals surface area contributed by atoms with E-state index in [0.29, 0.717) is 5.69 Å². The summed E-state index contributed by atoms with van der Waals surface area (Å²) in [5.74, 6) is 0.596. The smallest absolute Gasteiger partial charge is 0.274 e. The lowest BCUT2D eigenvalue weighted by Gasteiger charge is -2.33. The Morgan fingerprint density at radius 3 is 2.46 bits per heavy atom. The van der Waals surface area contributed by atoms with Gasteiger partial charge >= 0.3 is 0 Å². The maximum Gasteiger partial charge on any atom is 0.274 e. The van der Waals surface area contributed by atoms with Crippen LogP contribution in [-0.2, 0) is 0 Å². The zero-order valence-electron chi connectivity index (χ0n) is 17.3. The second-order valence-corrected chi connectivity index (χ2v) is 7.18. The minimum Gasteiger partial charge on any atom is -0.372 e. The Balaban J connectivity index is 1.72. The number of aryl methyl sites for hydroxylation is 1. The SMILES string of the molecule is CCN(CC)c1ccc(NC(=O)c2cc(N3CCN(C)CC3)ncn2)c(C)c1. The van der Waals surface area contributed by atoms with Crippen LogP contribution in [-0.4, -0.2) is 67.1 Å². The van der Waals surface area contributed by atoms with Crippen molar-refractivity contribution in [2.24, 2.45) is 0 Å². The Kier molecular flexibility index (Phi) is 6.46. The third-order valence-corrected chi connectivity index (χ3v) is 5.30. The van der Waals surface area contributed by atoms with Gasteiger partial charge in [0.2, 0.25) is 0 Å². The molecule has 1 aromatic carbocycles. The van der Waals surface area contributed by atoms with Crippen LogP contribution >= 0.6 is 0 Å². The molecule has 0 bridgehead atoms. The number of nitrogens with one attached hydrogen (secondary N) is 1. The number of amides is 1. The van der Waals surface area contributed by atoms with Gasteiger partial charge in [0, 0.05) is 56.7 Å². The first-order valence-electron chi connectivity index (χ1n) is 9.94. The second kappa shape index (κ2) is 9.01. The summed E-state index contributed by atoms with van der Waals surface area (Å²) in [4.78, 5) is 28.0. The van der Waals surface area contributed by atoms with Gasteiger partial charge in [0.25, 0.3) is 5.91 Å². The van der Waals surface area contributed by atoms with Gasteiger partial charge in [0.15, 0.2) is 0 Å². The minimum absolute atomic E-state index is 0.212.